The van der Waals surface area contributed by atoms with Gasteiger partial charge in [0, 0.05) is 15.4 Å². The summed E-state index contributed by atoms with van der Waals surface area (Å²) in [5.74, 6) is 0.808. The molecule has 1 nitrogen and oxygen atoms in total. The molecule has 98 valence electrons. The van der Waals surface area contributed by atoms with Gasteiger partial charge < -0.3 is 5.32 Å². The SMILES string of the molecule is CCCNC(Cc1sccc1Br)CC(C)CC. The lowest BCUT2D eigenvalue weighted by molar-refractivity contribution is 0.392. The van der Waals surface area contributed by atoms with Crippen LogP contribution in [0.5, 0.6) is 0 Å². The summed E-state index contributed by atoms with van der Waals surface area (Å²) in [5.41, 5.74) is 0. The van der Waals surface area contributed by atoms with E-state index in [2.05, 4.69) is 53.5 Å². The lowest BCUT2D eigenvalue weighted by Gasteiger charge is -2.21. The molecule has 1 aromatic rings. The first-order chi connectivity index (χ1) is 8.17. The highest BCUT2D eigenvalue weighted by atomic mass is 79.9. The van der Waals surface area contributed by atoms with Gasteiger partial charge in [0.15, 0.2) is 0 Å². The standard InChI is InChI=1S/C14H24BrNS/c1-4-7-16-12(9-11(3)5-2)10-14-13(15)6-8-17-14/h6,8,11-12,16H,4-5,7,9-10H2,1-3H3. The molecule has 0 spiro atoms. The van der Waals surface area contributed by atoms with Crippen LogP contribution in [0, 0.1) is 5.92 Å². The van der Waals surface area contributed by atoms with Crippen molar-refractivity contribution < 1.29 is 0 Å². The first-order valence-electron chi connectivity index (χ1n) is 6.62. The van der Waals surface area contributed by atoms with E-state index < -0.39 is 0 Å². The van der Waals surface area contributed by atoms with Gasteiger partial charge >= 0.3 is 0 Å². The van der Waals surface area contributed by atoms with Crippen molar-refractivity contribution in [2.45, 2.75) is 52.5 Å². The largest absolute Gasteiger partial charge is 0.314 e. The fourth-order valence-electron chi connectivity index (χ4n) is 1.93. The van der Waals surface area contributed by atoms with Gasteiger partial charge in [0.2, 0.25) is 0 Å². The first kappa shape index (κ1) is 15.2. The zero-order valence-corrected chi connectivity index (χ0v) is 13.5. The maximum Gasteiger partial charge on any atom is 0.0314 e. The van der Waals surface area contributed by atoms with E-state index in [1.54, 1.807) is 0 Å². The normalized spacial score (nSPS) is 14.8. The second kappa shape index (κ2) is 8.28. The molecular formula is C14H24BrNS. The second-order valence-electron chi connectivity index (χ2n) is 4.80. The highest BCUT2D eigenvalue weighted by Gasteiger charge is 2.14. The summed E-state index contributed by atoms with van der Waals surface area (Å²) >= 11 is 5.49. The quantitative estimate of drug-likeness (QED) is 0.722. The third-order valence-electron chi connectivity index (χ3n) is 3.19. The van der Waals surface area contributed by atoms with Gasteiger partial charge in [0.05, 0.1) is 0 Å². The highest BCUT2D eigenvalue weighted by Crippen LogP contribution is 2.25. The first-order valence-corrected chi connectivity index (χ1v) is 8.29. The van der Waals surface area contributed by atoms with Gasteiger partial charge in [-0.05, 0) is 59.1 Å². The smallest absolute Gasteiger partial charge is 0.0314 e. The van der Waals surface area contributed by atoms with Crippen molar-refractivity contribution in [3.8, 4) is 0 Å². The molecule has 0 aliphatic rings. The lowest BCUT2D eigenvalue weighted by atomic mass is 9.97. The van der Waals surface area contributed by atoms with E-state index in [4.69, 9.17) is 0 Å². The van der Waals surface area contributed by atoms with Crippen molar-refractivity contribution in [2.75, 3.05) is 6.54 Å². The summed E-state index contributed by atoms with van der Waals surface area (Å²) in [4.78, 5) is 1.47. The summed E-state index contributed by atoms with van der Waals surface area (Å²) in [6, 6.07) is 2.78. The van der Waals surface area contributed by atoms with Crippen molar-refractivity contribution >= 4 is 27.3 Å². The fraction of sp³-hybridized carbons (Fsp3) is 0.714. The van der Waals surface area contributed by atoms with Crippen molar-refractivity contribution in [3.05, 3.63) is 20.8 Å². The maximum atomic E-state index is 3.69. The number of rotatable bonds is 8. The van der Waals surface area contributed by atoms with Gasteiger partial charge in [-0.15, -0.1) is 11.3 Å². The molecule has 0 aliphatic heterocycles. The predicted octanol–water partition coefficient (Wildman–Crippen LogP) is 4.86. The molecule has 0 saturated heterocycles. The van der Waals surface area contributed by atoms with E-state index in [1.807, 2.05) is 11.3 Å². The van der Waals surface area contributed by atoms with Gasteiger partial charge in [-0.2, -0.15) is 0 Å². The molecule has 1 rings (SSSR count). The van der Waals surface area contributed by atoms with Crippen LogP contribution < -0.4 is 5.32 Å². The fourth-order valence-corrected chi connectivity index (χ4v) is 3.53. The number of halogens is 1. The average Bonchev–Trinajstić information content (AvgIpc) is 2.71. The van der Waals surface area contributed by atoms with Gasteiger partial charge in [0.25, 0.3) is 0 Å². The van der Waals surface area contributed by atoms with E-state index in [1.165, 1.54) is 28.6 Å². The Labute approximate surface area is 118 Å². The summed E-state index contributed by atoms with van der Waals surface area (Å²) in [7, 11) is 0. The summed E-state index contributed by atoms with van der Waals surface area (Å²) in [5, 5.41) is 5.85. The number of hydrogen-bond donors (Lipinski definition) is 1. The van der Waals surface area contributed by atoms with Gasteiger partial charge in [-0.25, -0.2) is 0 Å². The molecule has 0 radical (unpaired) electrons. The van der Waals surface area contributed by atoms with Crippen LogP contribution >= 0.6 is 27.3 Å². The summed E-state index contributed by atoms with van der Waals surface area (Å²) < 4.78 is 1.27. The van der Waals surface area contributed by atoms with Gasteiger partial charge in [-0.3, -0.25) is 0 Å². The minimum Gasteiger partial charge on any atom is -0.314 e. The highest BCUT2D eigenvalue weighted by molar-refractivity contribution is 9.10. The van der Waals surface area contributed by atoms with Crippen LogP contribution in [0.25, 0.3) is 0 Å². The molecule has 0 aromatic carbocycles. The molecule has 0 fully saturated rings. The Morgan fingerprint density at radius 1 is 1.41 bits per heavy atom. The van der Waals surface area contributed by atoms with E-state index in [0.29, 0.717) is 6.04 Å². The molecule has 1 heterocycles. The Bertz CT molecular complexity index is 311. The Morgan fingerprint density at radius 3 is 2.71 bits per heavy atom. The Balaban J connectivity index is 2.53. The molecule has 2 atom stereocenters. The van der Waals surface area contributed by atoms with E-state index in [9.17, 15) is 0 Å². The van der Waals surface area contributed by atoms with E-state index in [0.717, 1.165) is 18.9 Å². The topological polar surface area (TPSA) is 12.0 Å². The zero-order valence-electron chi connectivity index (χ0n) is 11.1. The van der Waals surface area contributed by atoms with Gasteiger partial charge in [-0.1, -0.05) is 27.2 Å². The molecule has 0 aliphatic carbocycles. The minimum atomic E-state index is 0.625. The third-order valence-corrected chi connectivity index (χ3v) is 5.14. The van der Waals surface area contributed by atoms with E-state index in [-0.39, 0.29) is 0 Å². The molecule has 1 aromatic heterocycles. The molecule has 0 amide bonds. The van der Waals surface area contributed by atoms with Crippen molar-refractivity contribution in [2.24, 2.45) is 5.92 Å². The van der Waals surface area contributed by atoms with Crippen LogP contribution in [0.3, 0.4) is 0 Å². The average molecular weight is 318 g/mol. The second-order valence-corrected chi connectivity index (χ2v) is 6.65. The van der Waals surface area contributed by atoms with Crippen LogP contribution in [0.4, 0.5) is 0 Å². The molecule has 1 N–H and O–H groups in total. The Hall–Kier alpha value is 0.140. The summed E-state index contributed by atoms with van der Waals surface area (Å²) in [6.45, 7) is 7.99. The molecule has 17 heavy (non-hydrogen) atoms. The third kappa shape index (κ3) is 5.54. The van der Waals surface area contributed by atoms with Gasteiger partial charge in [0.1, 0.15) is 0 Å². The predicted molar refractivity (Wildman–Crippen MR) is 81.9 cm³/mol. The van der Waals surface area contributed by atoms with Crippen molar-refractivity contribution in [1.29, 1.82) is 0 Å². The minimum absolute atomic E-state index is 0.625. The van der Waals surface area contributed by atoms with Crippen LogP contribution in [-0.2, 0) is 6.42 Å². The Morgan fingerprint density at radius 2 is 2.18 bits per heavy atom. The van der Waals surface area contributed by atoms with Crippen LogP contribution in [0.15, 0.2) is 15.9 Å². The lowest BCUT2D eigenvalue weighted by Crippen LogP contribution is -2.33. The zero-order chi connectivity index (χ0) is 12.7. The van der Waals surface area contributed by atoms with Crippen LogP contribution in [-0.4, -0.2) is 12.6 Å². The van der Waals surface area contributed by atoms with Crippen molar-refractivity contribution in [3.63, 3.8) is 0 Å². The Kier molecular flexibility index (Phi) is 7.40. The molecule has 0 bridgehead atoms. The monoisotopic (exact) mass is 317 g/mol. The number of hydrogen-bond acceptors (Lipinski definition) is 2. The summed E-state index contributed by atoms with van der Waals surface area (Å²) in [6.07, 6.45) is 4.92. The van der Waals surface area contributed by atoms with Crippen LogP contribution in [0.2, 0.25) is 0 Å². The molecule has 3 heteroatoms. The molecule has 2 unspecified atom stereocenters. The molecule has 0 saturated carbocycles. The molecular weight excluding hydrogens is 294 g/mol. The van der Waals surface area contributed by atoms with E-state index >= 15 is 0 Å². The maximum absolute atomic E-state index is 3.69. The number of nitrogens with one attached hydrogen (secondary N) is 1. The number of thiophene rings is 1. The van der Waals surface area contributed by atoms with Crippen LogP contribution in [0.1, 0.15) is 44.9 Å². The van der Waals surface area contributed by atoms with Crippen molar-refractivity contribution in [1.82, 2.24) is 5.32 Å².